The van der Waals surface area contributed by atoms with E-state index in [1.807, 2.05) is 42.5 Å². The molecular weight excluding hydrogens is 368 g/mol. The second-order valence-corrected chi connectivity index (χ2v) is 8.11. The Labute approximate surface area is 165 Å². The summed E-state index contributed by atoms with van der Waals surface area (Å²) in [6, 6.07) is 21.9. The highest BCUT2D eigenvalue weighted by atomic mass is 32.1. The lowest BCUT2D eigenvalue weighted by Crippen LogP contribution is -2.18. The van der Waals surface area contributed by atoms with Gasteiger partial charge in [0.2, 0.25) is 0 Å². The van der Waals surface area contributed by atoms with E-state index >= 15 is 0 Å². The molecule has 5 aromatic rings. The number of nitrogens with zero attached hydrogens (tertiary/aromatic N) is 2. The molecule has 28 heavy (non-hydrogen) atoms. The van der Waals surface area contributed by atoms with Gasteiger partial charge in [0, 0.05) is 18.0 Å². The molecule has 0 atom stereocenters. The molecule has 4 nitrogen and oxygen atoms in total. The zero-order valence-corrected chi connectivity index (χ0v) is 16.2. The topological polar surface area (TPSA) is 46.3 Å². The van der Waals surface area contributed by atoms with E-state index in [4.69, 9.17) is 9.40 Å². The van der Waals surface area contributed by atoms with Crippen LogP contribution in [0, 0.1) is 0 Å². The van der Waals surface area contributed by atoms with Crippen LogP contribution in [0.2, 0.25) is 0 Å². The largest absolute Gasteiger partial charge is 0.423 e. The number of hydrogen-bond acceptors (Lipinski definition) is 5. The van der Waals surface area contributed by atoms with E-state index in [2.05, 4.69) is 30.1 Å². The highest BCUT2D eigenvalue weighted by molar-refractivity contribution is 7.18. The summed E-state index contributed by atoms with van der Waals surface area (Å²) in [5.41, 5.74) is 2.33. The smallest absolute Gasteiger partial charge is 0.336 e. The Kier molecular flexibility index (Phi) is 4.19. The van der Waals surface area contributed by atoms with Gasteiger partial charge in [-0.25, -0.2) is 9.78 Å². The second kappa shape index (κ2) is 6.86. The minimum absolute atomic E-state index is 0.314. The van der Waals surface area contributed by atoms with Crippen molar-refractivity contribution in [1.82, 2.24) is 9.88 Å². The first kappa shape index (κ1) is 17.1. The highest BCUT2D eigenvalue weighted by Gasteiger charge is 2.13. The van der Waals surface area contributed by atoms with Crippen molar-refractivity contribution in [3.8, 4) is 0 Å². The molecule has 3 aromatic carbocycles. The lowest BCUT2D eigenvalue weighted by atomic mass is 10.0. The first-order chi connectivity index (χ1) is 13.7. The number of thiazole rings is 1. The summed E-state index contributed by atoms with van der Waals surface area (Å²) in [5, 5.41) is 4.32. The first-order valence-electron chi connectivity index (χ1n) is 9.15. The molecule has 0 aliphatic rings. The minimum Gasteiger partial charge on any atom is -0.423 e. The molecule has 138 valence electrons. The molecule has 0 saturated heterocycles. The average molecular weight is 386 g/mol. The second-order valence-electron chi connectivity index (χ2n) is 7.00. The number of hydrogen-bond donors (Lipinski definition) is 0. The van der Waals surface area contributed by atoms with Crippen LogP contribution in [-0.2, 0) is 13.1 Å². The third kappa shape index (κ3) is 3.09. The predicted octanol–water partition coefficient (Wildman–Crippen LogP) is 5.19. The van der Waals surface area contributed by atoms with Gasteiger partial charge >= 0.3 is 5.63 Å². The fourth-order valence-electron chi connectivity index (χ4n) is 3.71. The zero-order valence-electron chi connectivity index (χ0n) is 15.4. The number of rotatable bonds is 4. The molecule has 0 aliphatic carbocycles. The average Bonchev–Trinajstić information content (AvgIpc) is 3.09. The Hall–Kier alpha value is -3.02. The zero-order chi connectivity index (χ0) is 19.1. The van der Waals surface area contributed by atoms with Gasteiger partial charge in [0.1, 0.15) is 10.6 Å². The third-order valence-corrected chi connectivity index (χ3v) is 5.92. The maximum absolute atomic E-state index is 12.1. The molecule has 2 heterocycles. The number of fused-ring (bicyclic) bond motifs is 4. The van der Waals surface area contributed by atoms with E-state index in [-0.39, 0.29) is 5.63 Å². The highest BCUT2D eigenvalue weighted by Crippen LogP contribution is 2.28. The monoisotopic (exact) mass is 386 g/mol. The molecule has 5 rings (SSSR count). The number of para-hydroxylation sites is 1. The van der Waals surface area contributed by atoms with E-state index in [0.717, 1.165) is 38.8 Å². The van der Waals surface area contributed by atoms with Crippen LogP contribution in [0.4, 0.5) is 0 Å². The summed E-state index contributed by atoms with van der Waals surface area (Å²) < 4.78 is 6.66. The van der Waals surface area contributed by atoms with Crippen molar-refractivity contribution >= 4 is 43.3 Å². The summed E-state index contributed by atoms with van der Waals surface area (Å²) in [4.78, 5) is 19.0. The third-order valence-electron chi connectivity index (χ3n) is 4.90. The van der Waals surface area contributed by atoms with Crippen molar-refractivity contribution in [3.05, 3.63) is 87.7 Å². The van der Waals surface area contributed by atoms with Crippen LogP contribution in [0.15, 0.2) is 75.9 Å². The normalized spacial score (nSPS) is 11.8. The molecule has 0 aliphatic heterocycles. The Morgan fingerprint density at radius 2 is 1.82 bits per heavy atom. The standard InChI is InChI=1S/C23H18N2O2S/c1-25(14-21-24-18-8-4-5-9-20(18)28-21)13-16-12-22(26)27-19-11-10-15-6-2-3-7-17(15)23(16)19/h2-12H,13-14H2,1H3. The maximum atomic E-state index is 12.1. The molecule has 0 bridgehead atoms. The van der Waals surface area contributed by atoms with Gasteiger partial charge in [-0.3, -0.25) is 4.90 Å². The Balaban J connectivity index is 1.53. The van der Waals surface area contributed by atoms with Crippen molar-refractivity contribution in [1.29, 1.82) is 0 Å². The molecular formula is C23H18N2O2S. The molecule has 0 saturated carbocycles. The lowest BCUT2D eigenvalue weighted by molar-refractivity contribution is 0.319. The van der Waals surface area contributed by atoms with Gasteiger partial charge < -0.3 is 4.42 Å². The van der Waals surface area contributed by atoms with Crippen LogP contribution in [0.3, 0.4) is 0 Å². The predicted molar refractivity (Wildman–Crippen MR) is 115 cm³/mol. The Morgan fingerprint density at radius 3 is 2.71 bits per heavy atom. The van der Waals surface area contributed by atoms with E-state index in [9.17, 15) is 4.79 Å². The van der Waals surface area contributed by atoms with Crippen LogP contribution in [0.5, 0.6) is 0 Å². The Bertz CT molecular complexity index is 1340. The summed E-state index contributed by atoms with van der Waals surface area (Å²) >= 11 is 1.71. The van der Waals surface area contributed by atoms with Crippen LogP contribution >= 0.6 is 11.3 Å². The molecule has 5 heteroatoms. The van der Waals surface area contributed by atoms with Gasteiger partial charge in [-0.15, -0.1) is 11.3 Å². The molecule has 0 N–H and O–H groups in total. The molecule has 0 radical (unpaired) electrons. The molecule has 0 spiro atoms. The van der Waals surface area contributed by atoms with Crippen molar-refractivity contribution in [3.63, 3.8) is 0 Å². The number of benzene rings is 3. The molecule has 2 aromatic heterocycles. The van der Waals surface area contributed by atoms with E-state index < -0.39 is 0 Å². The van der Waals surface area contributed by atoms with Crippen LogP contribution in [0.25, 0.3) is 32.0 Å². The van der Waals surface area contributed by atoms with Gasteiger partial charge in [-0.2, -0.15) is 0 Å². The molecule has 0 fully saturated rings. The van der Waals surface area contributed by atoms with Crippen molar-refractivity contribution in [2.75, 3.05) is 7.05 Å². The lowest BCUT2D eigenvalue weighted by Gasteiger charge is -2.17. The maximum Gasteiger partial charge on any atom is 0.336 e. The van der Waals surface area contributed by atoms with Gasteiger partial charge in [-0.1, -0.05) is 42.5 Å². The van der Waals surface area contributed by atoms with Crippen molar-refractivity contribution < 1.29 is 4.42 Å². The minimum atomic E-state index is -0.314. The van der Waals surface area contributed by atoms with Crippen LogP contribution in [0.1, 0.15) is 10.6 Å². The molecule has 0 amide bonds. The van der Waals surface area contributed by atoms with Crippen molar-refractivity contribution in [2.45, 2.75) is 13.1 Å². The van der Waals surface area contributed by atoms with Gasteiger partial charge in [0.25, 0.3) is 0 Å². The summed E-state index contributed by atoms with van der Waals surface area (Å²) in [6.45, 7) is 1.37. The summed E-state index contributed by atoms with van der Waals surface area (Å²) in [5.74, 6) is 0. The van der Waals surface area contributed by atoms with Gasteiger partial charge in [0.05, 0.1) is 16.8 Å². The fourth-order valence-corrected chi connectivity index (χ4v) is 4.76. The first-order valence-corrected chi connectivity index (χ1v) is 9.96. The SMILES string of the molecule is CN(Cc1nc2ccccc2s1)Cc1cc(=O)oc2ccc3ccccc3c12. The number of aromatic nitrogens is 1. The quantitative estimate of drug-likeness (QED) is 0.315. The van der Waals surface area contributed by atoms with Crippen LogP contribution in [-0.4, -0.2) is 16.9 Å². The van der Waals surface area contributed by atoms with E-state index in [1.165, 1.54) is 4.70 Å². The van der Waals surface area contributed by atoms with Crippen molar-refractivity contribution in [2.24, 2.45) is 0 Å². The fraction of sp³-hybridized carbons (Fsp3) is 0.130. The van der Waals surface area contributed by atoms with E-state index in [1.54, 1.807) is 17.4 Å². The Morgan fingerprint density at radius 1 is 1.00 bits per heavy atom. The molecule has 0 unspecified atom stereocenters. The summed E-state index contributed by atoms with van der Waals surface area (Å²) in [7, 11) is 2.05. The van der Waals surface area contributed by atoms with Crippen LogP contribution < -0.4 is 5.63 Å². The summed E-state index contributed by atoms with van der Waals surface area (Å²) in [6.07, 6.45) is 0. The van der Waals surface area contributed by atoms with Gasteiger partial charge in [-0.05, 0) is 41.6 Å². The van der Waals surface area contributed by atoms with E-state index in [0.29, 0.717) is 12.1 Å². The van der Waals surface area contributed by atoms with Gasteiger partial charge in [0.15, 0.2) is 0 Å².